The Hall–Kier alpha value is -1.36. The smallest absolute Gasteiger partial charge is 0.303 e. The summed E-state index contributed by atoms with van der Waals surface area (Å²) in [5, 5.41) is 11.4. The first kappa shape index (κ1) is 13.7. The number of carbonyl (C=O) groups is 2. The summed E-state index contributed by atoms with van der Waals surface area (Å²) in [6.07, 6.45) is 0.128. The molecule has 0 aliphatic carbocycles. The molecule has 0 aliphatic heterocycles. The second-order valence-electron chi connectivity index (χ2n) is 3.73. The minimum atomic E-state index is -0.904. The van der Waals surface area contributed by atoms with Crippen LogP contribution in [0.3, 0.4) is 0 Å². The summed E-state index contributed by atoms with van der Waals surface area (Å²) in [7, 11) is 1.54. The van der Waals surface area contributed by atoms with E-state index in [1.165, 1.54) is 0 Å². The van der Waals surface area contributed by atoms with Crippen molar-refractivity contribution in [3.05, 3.63) is 34.3 Å². The van der Waals surface area contributed by atoms with Gasteiger partial charge in [0.25, 0.3) is 0 Å². The molecule has 1 amide bonds. The zero-order chi connectivity index (χ0) is 12.8. The number of halogens is 1. The maximum atomic E-state index is 11.3. The van der Waals surface area contributed by atoms with Crippen LogP contribution in [-0.2, 0) is 9.59 Å². The fourth-order valence-corrected chi connectivity index (χ4v) is 2.02. The van der Waals surface area contributed by atoms with Gasteiger partial charge in [-0.2, -0.15) is 0 Å². The van der Waals surface area contributed by atoms with Crippen LogP contribution in [0.4, 0.5) is 0 Å². The van der Waals surface area contributed by atoms with Gasteiger partial charge in [0.2, 0.25) is 5.91 Å². The zero-order valence-corrected chi connectivity index (χ0v) is 11.0. The van der Waals surface area contributed by atoms with Crippen LogP contribution in [0.2, 0.25) is 0 Å². The van der Waals surface area contributed by atoms with Gasteiger partial charge in [-0.25, -0.2) is 0 Å². The van der Waals surface area contributed by atoms with E-state index in [-0.39, 0.29) is 24.7 Å². The minimum Gasteiger partial charge on any atom is -0.481 e. The van der Waals surface area contributed by atoms with Crippen molar-refractivity contribution in [3.8, 4) is 0 Å². The number of aliphatic carboxylic acids is 1. The number of amides is 1. The van der Waals surface area contributed by atoms with Crippen molar-refractivity contribution in [2.45, 2.75) is 18.8 Å². The molecular weight excluding hydrogens is 286 g/mol. The van der Waals surface area contributed by atoms with Crippen molar-refractivity contribution in [1.82, 2.24) is 5.32 Å². The Morgan fingerprint density at radius 2 is 2.12 bits per heavy atom. The standard InChI is InChI=1S/C12H14BrNO3/c1-14-11(15)6-9(7-12(16)17)8-3-2-4-10(13)5-8/h2-5,9H,6-7H2,1H3,(H,14,15)(H,16,17). The number of hydrogen-bond acceptors (Lipinski definition) is 2. The van der Waals surface area contributed by atoms with Crippen molar-refractivity contribution in [2.75, 3.05) is 7.05 Å². The summed E-state index contributed by atoms with van der Waals surface area (Å²) in [5.74, 6) is -1.36. The van der Waals surface area contributed by atoms with Crippen LogP contribution < -0.4 is 5.32 Å². The third kappa shape index (κ3) is 4.56. The molecule has 5 heteroatoms. The predicted molar refractivity (Wildman–Crippen MR) is 67.8 cm³/mol. The maximum Gasteiger partial charge on any atom is 0.303 e. The number of benzene rings is 1. The van der Waals surface area contributed by atoms with E-state index in [1.54, 1.807) is 7.05 Å². The molecule has 0 heterocycles. The highest BCUT2D eigenvalue weighted by molar-refractivity contribution is 9.10. The molecule has 0 saturated carbocycles. The van der Waals surface area contributed by atoms with Gasteiger partial charge in [-0.05, 0) is 17.7 Å². The van der Waals surface area contributed by atoms with Gasteiger partial charge in [-0.1, -0.05) is 28.1 Å². The molecule has 92 valence electrons. The van der Waals surface area contributed by atoms with Gasteiger partial charge in [0.1, 0.15) is 0 Å². The largest absolute Gasteiger partial charge is 0.481 e. The number of carbonyl (C=O) groups excluding carboxylic acids is 1. The van der Waals surface area contributed by atoms with Crippen LogP contribution >= 0.6 is 15.9 Å². The number of carboxylic acids is 1. The Bertz CT molecular complexity index is 420. The molecule has 0 radical (unpaired) electrons. The average molecular weight is 300 g/mol. The van der Waals surface area contributed by atoms with Crippen LogP contribution in [0.25, 0.3) is 0 Å². The highest BCUT2D eigenvalue weighted by Gasteiger charge is 2.18. The lowest BCUT2D eigenvalue weighted by molar-refractivity contribution is -0.137. The van der Waals surface area contributed by atoms with E-state index in [0.29, 0.717) is 0 Å². The van der Waals surface area contributed by atoms with Gasteiger partial charge < -0.3 is 10.4 Å². The number of nitrogens with one attached hydrogen (secondary N) is 1. The highest BCUT2D eigenvalue weighted by atomic mass is 79.9. The molecule has 1 rings (SSSR count). The van der Waals surface area contributed by atoms with Crippen molar-refractivity contribution in [3.63, 3.8) is 0 Å². The van der Waals surface area contributed by atoms with E-state index < -0.39 is 5.97 Å². The molecule has 0 fully saturated rings. The molecule has 2 N–H and O–H groups in total. The van der Waals surface area contributed by atoms with Crippen LogP contribution in [0.5, 0.6) is 0 Å². The maximum absolute atomic E-state index is 11.3. The predicted octanol–water partition coefficient (Wildman–Crippen LogP) is 2.14. The second-order valence-corrected chi connectivity index (χ2v) is 4.64. The molecule has 0 aromatic heterocycles. The number of hydrogen-bond donors (Lipinski definition) is 2. The Balaban J connectivity index is 2.89. The minimum absolute atomic E-state index is 0.0517. The van der Waals surface area contributed by atoms with E-state index in [4.69, 9.17) is 5.11 Å². The van der Waals surface area contributed by atoms with Gasteiger partial charge in [-0.3, -0.25) is 9.59 Å². The first-order chi connectivity index (χ1) is 8.02. The van der Waals surface area contributed by atoms with E-state index in [1.807, 2.05) is 24.3 Å². The quantitative estimate of drug-likeness (QED) is 0.875. The van der Waals surface area contributed by atoms with Crippen LogP contribution in [-0.4, -0.2) is 24.0 Å². The third-order valence-electron chi connectivity index (χ3n) is 2.45. The zero-order valence-electron chi connectivity index (χ0n) is 9.44. The normalized spacial score (nSPS) is 11.9. The van der Waals surface area contributed by atoms with Gasteiger partial charge in [-0.15, -0.1) is 0 Å². The van der Waals surface area contributed by atoms with E-state index in [9.17, 15) is 9.59 Å². The lowest BCUT2D eigenvalue weighted by Crippen LogP contribution is -2.21. The van der Waals surface area contributed by atoms with Crippen LogP contribution in [0.15, 0.2) is 28.7 Å². The van der Waals surface area contributed by atoms with Crippen molar-refractivity contribution < 1.29 is 14.7 Å². The van der Waals surface area contributed by atoms with Gasteiger partial charge in [0, 0.05) is 23.9 Å². The summed E-state index contributed by atoms with van der Waals surface area (Å²) in [6.45, 7) is 0. The topological polar surface area (TPSA) is 66.4 Å². The summed E-state index contributed by atoms with van der Waals surface area (Å²) in [6, 6.07) is 7.37. The monoisotopic (exact) mass is 299 g/mol. The van der Waals surface area contributed by atoms with Crippen molar-refractivity contribution in [2.24, 2.45) is 0 Å². The lowest BCUT2D eigenvalue weighted by Gasteiger charge is -2.14. The van der Waals surface area contributed by atoms with E-state index in [0.717, 1.165) is 10.0 Å². The fourth-order valence-electron chi connectivity index (χ4n) is 1.61. The molecule has 0 bridgehead atoms. The van der Waals surface area contributed by atoms with Crippen molar-refractivity contribution >= 4 is 27.8 Å². The van der Waals surface area contributed by atoms with Gasteiger partial charge in [0.05, 0.1) is 6.42 Å². The molecule has 0 spiro atoms. The van der Waals surface area contributed by atoms with Gasteiger partial charge >= 0.3 is 5.97 Å². The summed E-state index contributed by atoms with van der Waals surface area (Å²) in [4.78, 5) is 22.1. The average Bonchev–Trinajstić information content (AvgIpc) is 2.27. The molecule has 1 atom stereocenters. The summed E-state index contributed by atoms with van der Waals surface area (Å²) in [5.41, 5.74) is 0.852. The Morgan fingerprint density at radius 1 is 1.41 bits per heavy atom. The summed E-state index contributed by atoms with van der Waals surface area (Å²) < 4.78 is 0.877. The van der Waals surface area contributed by atoms with Gasteiger partial charge in [0.15, 0.2) is 0 Å². The third-order valence-corrected chi connectivity index (χ3v) is 2.94. The highest BCUT2D eigenvalue weighted by Crippen LogP contribution is 2.25. The molecule has 0 saturated heterocycles. The Labute approximate surface area is 108 Å². The van der Waals surface area contributed by atoms with Crippen LogP contribution in [0, 0.1) is 0 Å². The molecule has 4 nitrogen and oxygen atoms in total. The Morgan fingerprint density at radius 3 is 2.65 bits per heavy atom. The number of carboxylic acid groups (broad SMARTS) is 1. The molecule has 1 aromatic rings. The fraction of sp³-hybridized carbons (Fsp3) is 0.333. The molecule has 1 unspecified atom stereocenters. The first-order valence-corrected chi connectivity index (χ1v) is 6.00. The van der Waals surface area contributed by atoms with E-state index >= 15 is 0 Å². The Kier molecular flexibility index (Phi) is 5.15. The lowest BCUT2D eigenvalue weighted by atomic mass is 9.92. The SMILES string of the molecule is CNC(=O)CC(CC(=O)O)c1cccc(Br)c1. The first-order valence-electron chi connectivity index (χ1n) is 5.20. The molecule has 1 aromatic carbocycles. The molecular formula is C12H14BrNO3. The van der Waals surface area contributed by atoms with Crippen molar-refractivity contribution in [1.29, 1.82) is 0 Å². The number of rotatable bonds is 5. The van der Waals surface area contributed by atoms with E-state index in [2.05, 4.69) is 21.2 Å². The van der Waals surface area contributed by atoms with Crippen LogP contribution in [0.1, 0.15) is 24.3 Å². The molecule has 0 aliphatic rings. The second kappa shape index (κ2) is 6.39. The summed E-state index contributed by atoms with van der Waals surface area (Å²) >= 11 is 3.33. The molecule has 17 heavy (non-hydrogen) atoms.